The van der Waals surface area contributed by atoms with E-state index < -0.39 is 17.4 Å². The minimum atomic E-state index is -1.13. The number of nitrogens with zero attached hydrogens (tertiary/aromatic N) is 1. The number of anilines is 2. The maximum absolute atomic E-state index is 11.9. The highest BCUT2D eigenvalue weighted by molar-refractivity contribution is 7.99. The van der Waals surface area contributed by atoms with Gasteiger partial charge in [0.2, 0.25) is 5.91 Å². The molecule has 22 heavy (non-hydrogen) atoms. The van der Waals surface area contributed by atoms with Crippen LogP contribution >= 0.6 is 11.8 Å². The van der Waals surface area contributed by atoms with Gasteiger partial charge in [-0.1, -0.05) is 23.9 Å². The first kappa shape index (κ1) is 15.6. The lowest BCUT2D eigenvalue weighted by molar-refractivity contribution is -0.113. The van der Waals surface area contributed by atoms with Gasteiger partial charge in [-0.05, 0) is 12.1 Å². The van der Waals surface area contributed by atoms with E-state index >= 15 is 0 Å². The largest absolute Gasteiger partial charge is 0.478 e. The molecule has 1 heterocycles. The number of carboxylic acid groups (broad SMARTS) is 1. The molecule has 0 radical (unpaired) electrons. The predicted molar refractivity (Wildman–Crippen MR) is 82.0 cm³/mol. The summed E-state index contributed by atoms with van der Waals surface area (Å²) in [4.78, 5) is 40.4. The molecule has 0 aliphatic carbocycles. The van der Waals surface area contributed by atoms with Crippen LogP contribution in [0.2, 0.25) is 0 Å². The molecule has 0 spiro atoms. The number of nitrogen functional groups attached to an aromatic ring is 1. The lowest BCUT2D eigenvalue weighted by Crippen LogP contribution is -2.17. The van der Waals surface area contributed by atoms with Crippen molar-refractivity contribution in [3.05, 3.63) is 46.2 Å². The van der Waals surface area contributed by atoms with E-state index in [1.54, 1.807) is 12.1 Å². The Morgan fingerprint density at radius 2 is 2.09 bits per heavy atom. The average molecular weight is 320 g/mol. The lowest BCUT2D eigenvalue weighted by Gasteiger charge is -2.07. The molecule has 1 aromatic heterocycles. The van der Waals surface area contributed by atoms with Crippen molar-refractivity contribution in [2.24, 2.45) is 0 Å². The number of hydrogen-bond acceptors (Lipinski definition) is 6. The number of amides is 1. The van der Waals surface area contributed by atoms with E-state index in [4.69, 9.17) is 10.8 Å². The summed E-state index contributed by atoms with van der Waals surface area (Å²) < 4.78 is 0. The lowest BCUT2D eigenvalue weighted by atomic mass is 10.2. The third-order valence-corrected chi connectivity index (χ3v) is 3.38. The number of carbonyl (C=O) groups excluding carboxylic acids is 1. The van der Waals surface area contributed by atoms with Crippen molar-refractivity contribution >= 4 is 35.1 Å². The molecule has 1 amide bonds. The van der Waals surface area contributed by atoms with Gasteiger partial charge in [-0.3, -0.25) is 9.59 Å². The van der Waals surface area contributed by atoms with Crippen LogP contribution in [0.3, 0.4) is 0 Å². The fourth-order valence-corrected chi connectivity index (χ4v) is 2.30. The van der Waals surface area contributed by atoms with E-state index in [2.05, 4.69) is 15.3 Å². The number of benzene rings is 1. The zero-order chi connectivity index (χ0) is 16.1. The van der Waals surface area contributed by atoms with Gasteiger partial charge in [-0.2, -0.15) is 0 Å². The molecule has 8 nitrogen and oxygen atoms in total. The van der Waals surface area contributed by atoms with Gasteiger partial charge in [0, 0.05) is 6.07 Å². The standard InChI is InChI=1S/C13H12N4O4S/c14-9-5-10(18)17-13(16-9)22-6-11(19)15-8-4-2-1-3-7(8)12(20)21/h1-5H,6H2,(H,15,19)(H,20,21)(H3,14,16,17,18). The summed E-state index contributed by atoms with van der Waals surface area (Å²) in [5.74, 6) is -1.56. The van der Waals surface area contributed by atoms with Crippen molar-refractivity contribution in [2.75, 3.05) is 16.8 Å². The highest BCUT2D eigenvalue weighted by atomic mass is 32.2. The van der Waals surface area contributed by atoms with E-state index in [0.29, 0.717) is 0 Å². The van der Waals surface area contributed by atoms with Gasteiger partial charge in [0.15, 0.2) is 5.16 Å². The number of nitrogens with two attached hydrogens (primary N) is 1. The normalized spacial score (nSPS) is 10.2. The molecular weight excluding hydrogens is 308 g/mol. The molecule has 5 N–H and O–H groups in total. The van der Waals surface area contributed by atoms with Crippen LogP contribution in [0.5, 0.6) is 0 Å². The first-order valence-electron chi connectivity index (χ1n) is 6.07. The molecule has 1 aromatic carbocycles. The monoisotopic (exact) mass is 320 g/mol. The Hall–Kier alpha value is -2.81. The quantitative estimate of drug-likeness (QED) is 0.471. The Morgan fingerprint density at radius 3 is 2.77 bits per heavy atom. The number of rotatable bonds is 5. The van der Waals surface area contributed by atoms with Crippen LogP contribution in [0.1, 0.15) is 10.4 Å². The summed E-state index contributed by atoms with van der Waals surface area (Å²) in [7, 11) is 0. The summed E-state index contributed by atoms with van der Waals surface area (Å²) in [5.41, 5.74) is 5.22. The highest BCUT2D eigenvalue weighted by Crippen LogP contribution is 2.17. The SMILES string of the molecule is Nc1cc(=O)[nH]c(SCC(=O)Nc2ccccc2C(=O)O)n1. The zero-order valence-corrected chi connectivity index (χ0v) is 12.0. The molecule has 0 aliphatic heterocycles. The van der Waals surface area contributed by atoms with Crippen LogP contribution in [0.15, 0.2) is 40.3 Å². The zero-order valence-electron chi connectivity index (χ0n) is 11.2. The highest BCUT2D eigenvalue weighted by Gasteiger charge is 2.12. The summed E-state index contributed by atoms with van der Waals surface area (Å²) in [6.07, 6.45) is 0. The summed E-state index contributed by atoms with van der Waals surface area (Å²) in [6.45, 7) is 0. The number of aromatic amines is 1. The summed E-state index contributed by atoms with van der Waals surface area (Å²) in [5, 5.41) is 11.7. The van der Waals surface area contributed by atoms with Crippen molar-refractivity contribution in [1.29, 1.82) is 0 Å². The first-order valence-corrected chi connectivity index (χ1v) is 7.06. The Kier molecular flexibility index (Phi) is 4.79. The van der Waals surface area contributed by atoms with Crippen molar-refractivity contribution in [1.82, 2.24) is 9.97 Å². The second-order valence-electron chi connectivity index (χ2n) is 4.16. The number of carboxylic acids is 1. The smallest absolute Gasteiger partial charge is 0.337 e. The first-order chi connectivity index (χ1) is 10.5. The minimum Gasteiger partial charge on any atom is -0.478 e. The second kappa shape index (κ2) is 6.76. The van der Waals surface area contributed by atoms with E-state index in [1.807, 2.05) is 0 Å². The van der Waals surface area contributed by atoms with Gasteiger partial charge >= 0.3 is 5.97 Å². The minimum absolute atomic E-state index is 0.00339. The Bertz CT molecular complexity index is 775. The number of H-pyrrole nitrogens is 1. The molecule has 0 bridgehead atoms. The second-order valence-corrected chi connectivity index (χ2v) is 5.13. The van der Waals surface area contributed by atoms with Crippen LogP contribution in [0.25, 0.3) is 0 Å². The van der Waals surface area contributed by atoms with E-state index in [-0.39, 0.29) is 28.0 Å². The van der Waals surface area contributed by atoms with Crippen LogP contribution in [-0.4, -0.2) is 32.7 Å². The van der Waals surface area contributed by atoms with Crippen LogP contribution in [-0.2, 0) is 4.79 Å². The summed E-state index contributed by atoms with van der Waals surface area (Å²) in [6, 6.07) is 7.20. The van der Waals surface area contributed by atoms with Gasteiger partial charge in [0.25, 0.3) is 5.56 Å². The third-order valence-electron chi connectivity index (χ3n) is 2.51. The predicted octanol–water partition coefficient (Wildman–Crippen LogP) is 0.781. The number of carbonyl (C=O) groups is 2. The molecule has 9 heteroatoms. The van der Waals surface area contributed by atoms with Crippen molar-refractivity contribution in [3.63, 3.8) is 0 Å². The molecule has 0 atom stereocenters. The third kappa shape index (κ3) is 4.09. The maximum Gasteiger partial charge on any atom is 0.337 e. The Labute approximate surface area is 128 Å². The average Bonchev–Trinajstić information content (AvgIpc) is 2.44. The summed E-state index contributed by atoms with van der Waals surface area (Å²) >= 11 is 0.984. The molecule has 0 aliphatic rings. The fraction of sp³-hybridized carbons (Fsp3) is 0.0769. The molecule has 0 fully saturated rings. The maximum atomic E-state index is 11.9. The van der Waals surface area contributed by atoms with Crippen LogP contribution in [0.4, 0.5) is 11.5 Å². The van der Waals surface area contributed by atoms with Gasteiger partial charge in [-0.25, -0.2) is 9.78 Å². The van der Waals surface area contributed by atoms with Crippen LogP contribution < -0.4 is 16.6 Å². The Balaban J connectivity index is 2.02. The van der Waals surface area contributed by atoms with Crippen molar-refractivity contribution in [2.45, 2.75) is 5.16 Å². The van der Waals surface area contributed by atoms with Crippen LogP contribution in [0, 0.1) is 0 Å². The van der Waals surface area contributed by atoms with E-state index in [1.165, 1.54) is 12.1 Å². The van der Waals surface area contributed by atoms with E-state index in [9.17, 15) is 14.4 Å². The number of aromatic carboxylic acids is 1. The van der Waals surface area contributed by atoms with Gasteiger partial charge in [-0.15, -0.1) is 0 Å². The number of para-hydroxylation sites is 1. The fourth-order valence-electron chi connectivity index (χ4n) is 1.62. The van der Waals surface area contributed by atoms with Gasteiger partial charge in [0.1, 0.15) is 5.82 Å². The molecule has 0 saturated carbocycles. The Morgan fingerprint density at radius 1 is 1.36 bits per heavy atom. The molecular formula is C13H12N4O4S. The number of aromatic nitrogens is 2. The molecule has 2 rings (SSSR count). The topological polar surface area (TPSA) is 138 Å². The molecule has 0 unspecified atom stereocenters. The number of nitrogens with one attached hydrogen (secondary N) is 2. The molecule has 2 aromatic rings. The molecule has 0 saturated heterocycles. The number of thioether (sulfide) groups is 1. The van der Waals surface area contributed by atoms with Gasteiger partial charge in [0.05, 0.1) is 17.0 Å². The van der Waals surface area contributed by atoms with Crippen molar-refractivity contribution in [3.8, 4) is 0 Å². The van der Waals surface area contributed by atoms with Gasteiger partial charge < -0.3 is 21.1 Å². The molecule has 114 valence electrons. The number of hydrogen-bond donors (Lipinski definition) is 4. The van der Waals surface area contributed by atoms with E-state index in [0.717, 1.165) is 17.8 Å². The van der Waals surface area contributed by atoms with Crippen molar-refractivity contribution < 1.29 is 14.7 Å².